The minimum Gasteiger partial charge on any atom is -0.368 e. The molecule has 0 unspecified atom stereocenters. The average Bonchev–Trinajstić information content (AvgIpc) is 3.18. The van der Waals surface area contributed by atoms with Gasteiger partial charge in [0.15, 0.2) is 5.65 Å². The number of carbonyl (C=O) groups excluding carboxylic acids is 1. The number of anilines is 1. The van der Waals surface area contributed by atoms with Crippen LogP contribution in [0.25, 0.3) is 22.1 Å². The number of aromatic amines is 1. The van der Waals surface area contributed by atoms with E-state index in [1.54, 1.807) is 10.8 Å². The van der Waals surface area contributed by atoms with Gasteiger partial charge in [-0.15, -0.1) is 0 Å². The first-order valence-corrected chi connectivity index (χ1v) is 7.89. The van der Waals surface area contributed by atoms with Crippen LogP contribution in [0.4, 0.5) is 5.95 Å². The Bertz CT molecular complexity index is 1020. The fraction of sp³-hybridized carbons (Fsp3) is 0.0667. The van der Waals surface area contributed by atoms with Gasteiger partial charge in [-0.05, 0) is 12.1 Å². The van der Waals surface area contributed by atoms with Gasteiger partial charge >= 0.3 is 0 Å². The number of nitrogen functional groups attached to an aromatic ring is 1. The van der Waals surface area contributed by atoms with Gasteiger partial charge in [0.25, 0.3) is 0 Å². The van der Waals surface area contributed by atoms with Crippen molar-refractivity contribution in [1.82, 2.24) is 24.5 Å². The second-order valence-electron chi connectivity index (χ2n) is 4.92. The molecule has 3 aromatic heterocycles. The Balaban J connectivity index is 1.61. The van der Waals surface area contributed by atoms with E-state index >= 15 is 0 Å². The molecule has 0 bridgehead atoms. The van der Waals surface area contributed by atoms with Crippen molar-refractivity contribution in [1.29, 1.82) is 0 Å². The van der Waals surface area contributed by atoms with Gasteiger partial charge in [-0.25, -0.2) is 9.97 Å². The lowest BCUT2D eigenvalue weighted by molar-refractivity contribution is 0.0947. The van der Waals surface area contributed by atoms with E-state index < -0.39 is 0 Å². The second-order valence-corrected chi connectivity index (χ2v) is 5.88. The van der Waals surface area contributed by atoms with Crippen LogP contribution in [0.15, 0.2) is 47.9 Å². The molecule has 0 fully saturated rings. The number of aromatic nitrogens is 5. The van der Waals surface area contributed by atoms with Crippen molar-refractivity contribution in [3.8, 4) is 0 Å². The lowest BCUT2D eigenvalue weighted by Crippen LogP contribution is -2.12. The lowest BCUT2D eigenvalue weighted by atomic mass is 10.2. The maximum absolute atomic E-state index is 12.5. The summed E-state index contributed by atoms with van der Waals surface area (Å²) in [5.74, 6) is 0.357. The number of fused-ring (bicyclic) bond motifs is 2. The number of para-hydroxylation sites is 1. The summed E-state index contributed by atoms with van der Waals surface area (Å²) in [5, 5.41) is 1.66. The van der Waals surface area contributed by atoms with Crippen LogP contribution in [0.1, 0.15) is 4.79 Å². The Labute approximate surface area is 134 Å². The largest absolute Gasteiger partial charge is 0.368 e. The van der Waals surface area contributed by atoms with E-state index in [0.717, 1.165) is 10.9 Å². The minimum atomic E-state index is -0.0268. The number of thioether (sulfide) groups is 1. The number of nitrogens with two attached hydrogens (primary N) is 1. The molecular weight excluding hydrogens is 312 g/mol. The van der Waals surface area contributed by atoms with Crippen molar-refractivity contribution in [2.45, 2.75) is 5.03 Å². The third kappa shape index (κ3) is 2.42. The number of imidazole rings is 1. The van der Waals surface area contributed by atoms with Crippen LogP contribution in [0, 0.1) is 0 Å². The van der Waals surface area contributed by atoms with Crippen LogP contribution in [0.5, 0.6) is 0 Å². The van der Waals surface area contributed by atoms with Gasteiger partial charge in [0.05, 0.1) is 17.6 Å². The highest BCUT2D eigenvalue weighted by atomic mass is 32.2. The van der Waals surface area contributed by atoms with Gasteiger partial charge < -0.3 is 10.7 Å². The summed E-state index contributed by atoms with van der Waals surface area (Å²) in [5.41, 5.74) is 7.76. The van der Waals surface area contributed by atoms with Gasteiger partial charge in [0, 0.05) is 11.6 Å². The van der Waals surface area contributed by atoms with Crippen LogP contribution < -0.4 is 5.73 Å². The first kappa shape index (κ1) is 13.8. The molecule has 0 saturated carbocycles. The smallest absolute Gasteiger partial charge is 0.241 e. The number of rotatable bonds is 3. The van der Waals surface area contributed by atoms with Crippen molar-refractivity contribution in [2.75, 3.05) is 11.5 Å². The van der Waals surface area contributed by atoms with E-state index in [2.05, 4.69) is 19.9 Å². The van der Waals surface area contributed by atoms with Crippen LogP contribution in [0.3, 0.4) is 0 Å². The summed E-state index contributed by atoms with van der Waals surface area (Å²) in [6.45, 7) is 0. The van der Waals surface area contributed by atoms with E-state index in [9.17, 15) is 4.79 Å². The first-order valence-electron chi connectivity index (χ1n) is 6.91. The zero-order chi connectivity index (χ0) is 15.8. The molecule has 0 aliphatic heterocycles. The molecule has 4 rings (SSSR count). The summed E-state index contributed by atoms with van der Waals surface area (Å²) in [6.07, 6.45) is 3.32. The number of nitrogens with zero attached hydrogens (tertiary/aromatic N) is 4. The van der Waals surface area contributed by atoms with Crippen LogP contribution >= 0.6 is 11.8 Å². The van der Waals surface area contributed by atoms with Gasteiger partial charge in [0.2, 0.25) is 11.9 Å². The van der Waals surface area contributed by atoms with Gasteiger partial charge in [-0.3, -0.25) is 9.36 Å². The molecule has 0 radical (unpaired) electrons. The van der Waals surface area contributed by atoms with E-state index in [1.807, 2.05) is 30.3 Å². The Morgan fingerprint density at radius 1 is 1.26 bits per heavy atom. The maximum Gasteiger partial charge on any atom is 0.241 e. The summed E-state index contributed by atoms with van der Waals surface area (Å²) in [6, 6.07) is 9.69. The topological polar surface area (TPSA) is 102 Å². The zero-order valence-electron chi connectivity index (χ0n) is 11.9. The van der Waals surface area contributed by atoms with Gasteiger partial charge in [-0.2, -0.15) is 4.98 Å². The molecule has 7 nitrogen and oxygen atoms in total. The van der Waals surface area contributed by atoms with E-state index in [-0.39, 0.29) is 17.6 Å². The van der Waals surface area contributed by atoms with E-state index in [0.29, 0.717) is 16.2 Å². The maximum atomic E-state index is 12.5. The molecule has 3 heterocycles. The molecule has 114 valence electrons. The normalized spacial score (nSPS) is 11.3. The quantitative estimate of drug-likeness (QED) is 0.443. The SMILES string of the molecule is Nc1nc(SCC(=O)n2ccc3ccccc32)c2[nH]cnc2n1. The predicted molar refractivity (Wildman–Crippen MR) is 89.4 cm³/mol. The number of carbonyl (C=O) groups is 1. The first-order chi connectivity index (χ1) is 11.2. The monoisotopic (exact) mass is 324 g/mol. The predicted octanol–water partition coefficient (Wildman–Crippen LogP) is 2.32. The van der Waals surface area contributed by atoms with E-state index in [1.165, 1.54) is 18.1 Å². The number of nitrogens with one attached hydrogen (secondary N) is 1. The Morgan fingerprint density at radius 2 is 2.13 bits per heavy atom. The van der Waals surface area contributed by atoms with Crippen molar-refractivity contribution in [3.63, 3.8) is 0 Å². The Morgan fingerprint density at radius 3 is 3.04 bits per heavy atom. The van der Waals surface area contributed by atoms with Crippen LogP contribution in [-0.2, 0) is 0 Å². The molecule has 0 aliphatic rings. The fourth-order valence-electron chi connectivity index (χ4n) is 2.43. The molecule has 4 aromatic rings. The highest BCUT2D eigenvalue weighted by molar-refractivity contribution is 8.00. The Hall–Kier alpha value is -2.87. The highest BCUT2D eigenvalue weighted by Gasteiger charge is 2.13. The van der Waals surface area contributed by atoms with E-state index in [4.69, 9.17) is 5.73 Å². The molecular formula is C15H12N6OS. The number of hydrogen-bond donors (Lipinski definition) is 2. The Kier molecular flexibility index (Phi) is 3.23. The zero-order valence-corrected chi connectivity index (χ0v) is 12.7. The standard InChI is InChI=1S/C15H12N6OS/c16-15-19-13-12(17-8-18-13)14(20-15)23-7-11(22)21-6-5-9-3-1-2-4-10(9)21/h1-6,8H,7H2,(H3,16,17,18,19,20). The molecule has 0 aliphatic carbocycles. The van der Waals surface area contributed by atoms with Crippen molar-refractivity contribution >= 4 is 45.7 Å². The number of hydrogen-bond acceptors (Lipinski definition) is 6. The summed E-state index contributed by atoms with van der Waals surface area (Å²) >= 11 is 1.31. The third-order valence-corrected chi connectivity index (χ3v) is 4.43. The second kappa shape index (κ2) is 5.40. The summed E-state index contributed by atoms with van der Waals surface area (Å²) < 4.78 is 1.65. The number of H-pyrrole nitrogens is 1. The molecule has 0 atom stereocenters. The third-order valence-electron chi connectivity index (χ3n) is 3.47. The molecule has 0 spiro atoms. The number of benzene rings is 1. The van der Waals surface area contributed by atoms with Crippen molar-refractivity contribution in [2.24, 2.45) is 0 Å². The van der Waals surface area contributed by atoms with Gasteiger partial charge in [-0.1, -0.05) is 30.0 Å². The molecule has 23 heavy (non-hydrogen) atoms. The average molecular weight is 324 g/mol. The van der Waals surface area contributed by atoms with Crippen LogP contribution in [0.2, 0.25) is 0 Å². The van der Waals surface area contributed by atoms with Crippen molar-refractivity contribution < 1.29 is 4.79 Å². The minimum absolute atomic E-state index is 0.0268. The summed E-state index contributed by atoms with van der Waals surface area (Å²) in [4.78, 5) is 27.8. The summed E-state index contributed by atoms with van der Waals surface area (Å²) in [7, 11) is 0. The molecule has 8 heteroatoms. The van der Waals surface area contributed by atoms with Crippen molar-refractivity contribution in [3.05, 3.63) is 42.9 Å². The lowest BCUT2D eigenvalue weighted by Gasteiger charge is -2.05. The molecule has 0 saturated heterocycles. The molecule has 3 N–H and O–H groups in total. The molecule has 0 amide bonds. The fourth-order valence-corrected chi connectivity index (χ4v) is 3.28. The van der Waals surface area contributed by atoms with Crippen LogP contribution in [-0.4, -0.2) is 36.2 Å². The molecule has 1 aromatic carbocycles. The highest BCUT2D eigenvalue weighted by Crippen LogP contribution is 2.24. The van der Waals surface area contributed by atoms with Gasteiger partial charge in [0.1, 0.15) is 10.5 Å².